The number of nitrogens with two attached hydrogens (primary N) is 1. The molecule has 3 N–H and O–H groups in total. The smallest absolute Gasteiger partial charge is 0.210 e. The van der Waals surface area contributed by atoms with Crippen LogP contribution in [0.1, 0.15) is 23.6 Å². The number of hydrogen-bond acceptors (Lipinski definition) is 4. The van der Waals surface area contributed by atoms with Gasteiger partial charge in [0.15, 0.2) is 0 Å². The molecule has 1 aliphatic rings. The highest BCUT2D eigenvalue weighted by Crippen LogP contribution is 2.33. The molecule has 0 heterocycles. The van der Waals surface area contributed by atoms with E-state index in [1.165, 1.54) is 11.1 Å². The van der Waals surface area contributed by atoms with Crippen LogP contribution >= 0.6 is 0 Å². The SMILES string of the molecule is COc1ccc2c(c1)C(NCCS(N)(=O)=O)CC2. The Kier molecular flexibility index (Phi) is 3.89. The summed E-state index contributed by atoms with van der Waals surface area (Å²) in [6.45, 7) is 0.375. The van der Waals surface area contributed by atoms with Gasteiger partial charge in [0, 0.05) is 12.6 Å². The van der Waals surface area contributed by atoms with Crippen LogP contribution in [-0.4, -0.2) is 27.8 Å². The van der Waals surface area contributed by atoms with Crippen molar-refractivity contribution >= 4 is 10.0 Å². The van der Waals surface area contributed by atoms with Crippen LogP contribution in [0.15, 0.2) is 18.2 Å². The number of primary sulfonamides is 1. The van der Waals surface area contributed by atoms with Gasteiger partial charge in [-0.3, -0.25) is 0 Å². The Labute approximate surface area is 107 Å². The molecule has 1 aromatic carbocycles. The van der Waals surface area contributed by atoms with Crippen LogP contribution in [-0.2, 0) is 16.4 Å². The van der Waals surface area contributed by atoms with E-state index in [1.54, 1.807) is 7.11 Å². The predicted molar refractivity (Wildman–Crippen MR) is 70.0 cm³/mol. The molecule has 0 amide bonds. The van der Waals surface area contributed by atoms with E-state index in [-0.39, 0.29) is 11.8 Å². The highest BCUT2D eigenvalue weighted by Gasteiger charge is 2.22. The van der Waals surface area contributed by atoms with Crippen molar-refractivity contribution in [3.8, 4) is 5.75 Å². The van der Waals surface area contributed by atoms with Crippen molar-refractivity contribution in [1.82, 2.24) is 5.32 Å². The fourth-order valence-corrected chi connectivity index (χ4v) is 2.70. The highest BCUT2D eigenvalue weighted by molar-refractivity contribution is 7.89. The van der Waals surface area contributed by atoms with Crippen LogP contribution in [0.4, 0.5) is 0 Å². The van der Waals surface area contributed by atoms with E-state index < -0.39 is 10.0 Å². The topological polar surface area (TPSA) is 81.4 Å². The Balaban J connectivity index is 2.02. The van der Waals surface area contributed by atoms with Crippen LogP contribution < -0.4 is 15.2 Å². The summed E-state index contributed by atoms with van der Waals surface area (Å²) < 4.78 is 26.9. The summed E-state index contributed by atoms with van der Waals surface area (Å²) in [5, 5.41) is 8.20. The van der Waals surface area contributed by atoms with Gasteiger partial charge in [0.1, 0.15) is 5.75 Å². The van der Waals surface area contributed by atoms with Gasteiger partial charge in [0.25, 0.3) is 0 Å². The maximum Gasteiger partial charge on any atom is 0.210 e. The molecule has 0 radical (unpaired) electrons. The molecule has 1 aromatic rings. The summed E-state index contributed by atoms with van der Waals surface area (Å²) in [6.07, 6.45) is 1.99. The van der Waals surface area contributed by atoms with Gasteiger partial charge in [-0.05, 0) is 36.1 Å². The molecule has 18 heavy (non-hydrogen) atoms. The molecule has 1 aliphatic carbocycles. The number of benzene rings is 1. The highest BCUT2D eigenvalue weighted by atomic mass is 32.2. The Hall–Kier alpha value is -1.11. The summed E-state index contributed by atoms with van der Waals surface area (Å²) in [4.78, 5) is 0. The van der Waals surface area contributed by atoms with Crippen LogP contribution in [0, 0.1) is 0 Å². The van der Waals surface area contributed by atoms with Crippen molar-refractivity contribution in [2.45, 2.75) is 18.9 Å². The Morgan fingerprint density at radius 3 is 2.94 bits per heavy atom. The number of ether oxygens (including phenoxy) is 1. The average molecular weight is 270 g/mol. The third-order valence-corrected chi connectivity index (χ3v) is 3.98. The maximum atomic E-state index is 10.9. The average Bonchev–Trinajstić information content (AvgIpc) is 2.70. The van der Waals surface area contributed by atoms with Gasteiger partial charge in [0.2, 0.25) is 10.0 Å². The van der Waals surface area contributed by atoms with Gasteiger partial charge >= 0.3 is 0 Å². The van der Waals surface area contributed by atoms with Gasteiger partial charge in [-0.25, -0.2) is 13.6 Å². The molecule has 0 fully saturated rings. The summed E-state index contributed by atoms with van der Waals surface area (Å²) in [6, 6.07) is 6.22. The van der Waals surface area contributed by atoms with Crippen molar-refractivity contribution in [3.05, 3.63) is 29.3 Å². The third kappa shape index (κ3) is 3.22. The quantitative estimate of drug-likeness (QED) is 0.819. The first-order valence-electron chi connectivity index (χ1n) is 5.90. The monoisotopic (exact) mass is 270 g/mol. The normalized spacial score (nSPS) is 18.7. The van der Waals surface area contributed by atoms with Gasteiger partial charge in [0.05, 0.1) is 12.9 Å². The molecule has 0 aromatic heterocycles. The van der Waals surface area contributed by atoms with Crippen LogP contribution in [0.25, 0.3) is 0 Å². The van der Waals surface area contributed by atoms with Gasteiger partial charge < -0.3 is 10.1 Å². The molecule has 100 valence electrons. The van der Waals surface area contributed by atoms with Crippen molar-refractivity contribution in [3.63, 3.8) is 0 Å². The molecular formula is C12H18N2O3S. The maximum absolute atomic E-state index is 10.9. The second-order valence-corrected chi connectivity index (χ2v) is 6.21. The van der Waals surface area contributed by atoms with E-state index in [9.17, 15) is 8.42 Å². The number of methoxy groups -OCH3 is 1. The number of hydrogen-bond donors (Lipinski definition) is 2. The second-order valence-electron chi connectivity index (χ2n) is 4.48. The first kappa shape index (κ1) is 13.3. The Morgan fingerprint density at radius 1 is 1.50 bits per heavy atom. The fraction of sp³-hybridized carbons (Fsp3) is 0.500. The van der Waals surface area contributed by atoms with Gasteiger partial charge in [-0.2, -0.15) is 0 Å². The lowest BCUT2D eigenvalue weighted by Crippen LogP contribution is -2.29. The number of fused-ring (bicyclic) bond motifs is 1. The lowest BCUT2D eigenvalue weighted by Gasteiger charge is -2.14. The third-order valence-electron chi connectivity index (χ3n) is 3.21. The van der Waals surface area contributed by atoms with Crippen molar-refractivity contribution in [1.29, 1.82) is 0 Å². The zero-order valence-corrected chi connectivity index (χ0v) is 11.2. The summed E-state index contributed by atoms with van der Waals surface area (Å²) in [7, 11) is -1.75. The van der Waals surface area contributed by atoms with Crippen molar-refractivity contribution < 1.29 is 13.2 Å². The molecule has 1 unspecified atom stereocenters. The molecule has 0 bridgehead atoms. The largest absolute Gasteiger partial charge is 0.497 e. The number of nitrogens with one attached hydrogen (secondary N) is 1. The molecule has 0 saturated heterocycles. The first-order chi connectivity index (χ1) is 8.49. The molecular weight excluding hydrogens is 252 g/mol. The minimum Gasteiger partial charge on any atom is -0.497 e. The minimum atomic E-state index is -3.39. The fourth-order valence-electron chi connectivity index (χ4n) is 2.29. The van der Waals surface area contributed by atoms with Gasteiger partial charge in [-0.1, -0.05) is 6.07 Å². The standard InChI is InChI=1S/C12H18N2O3S/c1-17-10-4-2-9-3-5-12(11(9)8-10)14-6-7-18(13,15)16/h2,4,8,12,14H,3,5-7H2,1H3,(H2,13,15,16). The Bertz CT molecular complexity index is 528. The van der Waals surface area contributed by atoms with Crippen LogP contribution in [0.3, 0.4) is 0 Å². The summed E-state index contributed by atoms with van der Waals surface area (Å²) >= 11 is 0. The molecule has 6 heteroatoms. The Morgan fingerprint density at radius 2 is 2.28 bits per heavy atom. The predicted octanol–water partition coefficient (Wildman–Crippen LogP) is 0.561. The molecule has 0 spiro atoms. The number of rotatable bonds is 5. The summed E-state index contributed by atoms with van der Waals surface area (Å²) in [5.74, 6) is 0.789. The summed E-state index contributed by atoms with van der Waals surface area (Å²) in [5.41, 5.74) is 2.49. The zero-order chi connectivity index (χ0) is 13.2. The van der Waals surface area contributed by atoms with E-state index in [0.717, 1.165) is 18.6 Å². The second kappa shape index (κ2) is 5.26. The van der Waals surface area contributed by atoms with E-state index in [2.05, 4.69) is 11.4 Å². The number of sulfonamides is 1. The zero-order valence-electron chi connectivity index (χ0n) is 10.3. The minimum absolute atomic E-state index is 0.0389. The van der Waals surface area contributed by atoms with Crippen LogP contribution in [0.5, 0.6) is 5.75 Å². The van der Waals surface area contributed by atoms with E-state index in [0.29, 0.717) is 6.54 Å². The lowest BCUT2D eigenvalue weighted by molar-refractivity contribution is 0.413. The molecule has 5 nitrogen and oxygen atoms in total. The lowest BCUT2D eigenvalue weighted by atomic mass is 10.1. The number of aryl methyl sites for hydroxylation is 1. The first-order valence-corrected chi connectivity index (χ1v) is 7.62. The van der Waals surface area contributed by atoms with Crippen molar-refractivity contribution in [2.75, 3.05) is 19.4 Å². The van der Waals surface area contributed by atoms with E-state index in [1.807, 2.05) is 12.1 Å². The van der Waals surface area contributed by atoms with Gasteiger partial charge in [-0.15, -0.1) is 0 Å². The van der Waals surface area contributed by atoms with E-state index in [4.69, 9.17) is 9.88 Å². The van der Waals surface area contributed by atoms with E-state index >= 15 is 0 Å². The molecule has 0 aliphatic heterocycles. The molecule has 1 atom stereocenters. The molecule has 2 rings (SSSR count). The molecule has 0 saturated carbocycles. The van der Waals surface area contributed by atoms with Crippen LogP contribution in [0.2, 0.25) is 0 Å². The van der Waals surface area contributed by atoms with Crippen molar-refractivity contribution in [2.24, 2.45) is 5.14 Å².